The molecule has 20 heavy (non-hydrogen) atoms. The third-order valence-corrected chi connectivity index (χ3v) is 3.82. The molecule has 1 aliphatic carbocycles. The van der Waals surface area contributed by atoms with Crippen LogP contribution in [0.5, 0.6) is 0 Å². The van der Waals surface area contributed by atoms with Crippen molar-refractivity contribution in [1.82, 2.24) is 5.48 Å². The lowest BCUT2D eigenvalue weighted by Crippen LogP contribution is -2.23. The summed E-state index contributed by atoms with van der Waals surface area (Å²) in [6, 6.07) is 19.3. The van der Waals surface area contributed by atoms with Gasteiger partial charge in [0.25, 0.3) is 0 Å². The van der Waals surface area contributed by atoms with Gasteiger partial charge in [0.1, 0.15) is 0 Å². The molecule has 1 saturated carbocycles. The molecule has 2 aromatic carbocycles. The molecule has 104 valence electrons. The van der Waals surface area contributed by atoms with Gasteiger partial charge in [-0.05, 0) is 36.8 Å². The molecule has 2 heteroatoms. The third kappa shape index (κ3) is 3.47. The molecule has 0 spiro atoms. The Kier molecular flexibility index (Phi) is 4.14. The van der Waals surface area contributed by atoms with E-state index in [0.717, 1.165) is 0 Å². The molecule has 0 amide bonds. The molecule has 0 radical (unpaired) electrons. The molecule has 1 aliphatic rings. The molecule has 0 saturated heterocycles. The zero-order valence-corrected chi connectivity index (χ0v) is 11.9. The second kappa shape index (κ2) is 6.21. The van der Waals surface area contributed by atoms with Crippen LogP contribution in [0.2, 0.25) is 0 Å². The van der Waals surface area contributed by atoms with Gasteiger partial charge in [-0.25, -0.2) is 0 Å². The van der Waals surface area contributed by atoms with Crippen LogP contribution in [0.3, 0.4) is 0 Å². The number of hydrogen-bond donors (Lipinski definition) is 1. The minimum atomic E-state index is 0.319. The quantitative estimate of drug-likeness (QED) is 0.793. The van der Waals surface area contributed by atoms with E-state index in [1.54, 1.807) is 0 Å². The van der Waals surface area contributed by atoms with Crippen LogP contribution in [0.15, 0.2) is 54.6 Å². The van der Waals surface area contributed by atoms with Crippen molar-refractivity contribution in [1.29, 1.82) is 0 Å². The largest absolute Gasteiger partial charge is 0.296 e. The second-order valence-corrected chi connectivity index (χ2v) is 5.62. The number of rotatable bonds is 6. The summed E-state index contributed by atoms with van der Waals surface area (Å²) >= 11 is 0. The average Bonchev–Trinajstić information content (AvgIpc) is 3.31. The van der Waals surface area contributed by atoms with Gasteiger partial charge in [0.2, 0.25) is 0 Å². The first-order chi connectivity index (χ1) is 9.83. The van der Waals surface area contributed by atoms with Gasteiger partial charge in [0.05, 0.1) is 12.6 Å². The lowest BCUT2D eigenvalue weighted by atomic mass is 10.0. The zero-order valence-electron chi connectivity index (χ0n) is 11.9. The fraction of sp³-hybridized carbons (Fsp3) is 0.333. The topological polar surface area (TPSA) is 21.3 Å². The molecule has 0 aromatic heterocycles. The molecule has 1 unspecified atom stereocenters. The molecule has 1 fully saturated rings. The maximum Gasteiger partial charge on any atom is 0.0933 e. The summed E-state index contributed by atoms with van der Waals surface area (Å²) in [5.41, 5.74) is 7.08. The third-order valence-electron chi connectivity index (χ3n) is 3.82. The Morgan fingerprint density at radius 1 is 1.05 bits per heavy atom. The van der Waals surface area contributed by atoms with Gasteiger partial charge in [0.15, 0.2) is 0 Å². The smallest absolute Gasteiger partial charge is 0.0933 e. The molecule has 3 rings (SSSR count). The standard InChI is InChI=1S/C18H21NO/c1-14-7-9-16(10-8-14)18(17-11-12-17)19-20-13-15-5-3-2-4-6-15/h2-10,17-19H,11-13H2,1H3. The predicted octanol–water partition coefficient (Wildman–Crippen LogP) is 4.17. The van der Waals surface area contributed by atoms with Crippen LogP contribution < -0.4 is 5.48 Å². The Balaban J connectivity index is 1.59. The van der Waals surface area contributed by atoms with Gasteiger partial charge < -0.3 is 0 Å². The number of aryl methyl sites for hydroxylation is 1. The van der Waals surface area contributed by atoms with Gasteiger partial charge in [-0.2, -0.15) is 5.48 Å². The molecule has 0 heterocycles. The lowest BCUT2D eigenvalue weighted by molar-refractivity contribution is -0.00227. The minimum Gasteiger partial charge on any atom is -0.296 e. The Labute approximate surface area is 120 Å². The molecule has 2 aromatic rings. The van der Waals surface area contributed by atoms with E-state index in [0.29, 0.717) is 18.6 Å². The van der Waals surface area contributed by atoms with Gasteiger partial charge in [-0.1, -0.05) is 60.2 Å². The van der Waals surface area contributed by atoms with Crippen molar-refractivity contribution in [2.45, 2.75) is 32.4 Å². The number of hydroxylamine groups is 1. The molecule has 2 nitrogen and oxygen atoms in total. The van der Waals surface area contributed by atoms with Crippen LogP contribution in [0.4, 0.5) is 0 Å². The summed E-state index contributed by atoms with van der Waals surface area (Å²) < 4.78 is 0. The lowest BCUT2D eigenvalue weighted by Gasteiger charge is -2.18. The van der Waals surface area contributed by atoms with Gasteiger partial charge in [0, 0.05) is 0 Å². The second-order valence-electron chi connectivity index (χ2n) is 5.62. The minimum absolute atomic E-state index is 0.319. The van der Waals surface area contributed by atoms with Crippen molar-refractivity contribution in [3.05, 3.63) is 71.3 Å². The normalized spacial score (nSPS) is 16.1. The molecule has 0 bridgehead atoms. The van der Waals surface area contributed by atoms with Crippen LogP contribution in [0.25, 0.3) is 0 Å². The van der Waals surface area contributed by atoms with Crippen molar-refractivity contribution in [2.75, 3.05) is 0 Å². The number of hydrogen-bond acceptors (Lipinski definition) is 2. The van der Waals surface area contributed by atoms with E-state index in [1.807, 2.05) is 18.2 Å². The van der Waals surface area contributed by atoms with E-state index in [1.165, 1.54) is 29.5 Å². The van der Waals surface area contributed by atoms with Crippen molar-refractivity contribution in [2.24, 2.45) is 5.92 Å². The first-order valence-corrected chi connectivity index (χ1v) is 7.31. The first-order valence-electron chi connectivity index (χ1n) is 7.31. The maximum atomic E-state index is 5.72. The molecule has 0 aliphatic heterocycles. The summed E-state index contributed by atoms with van der Waals surface area (Å²) in [4.78, 5) is 5.72. The van der Waals surface area contributed by atoms with Crippen molar-refractivity contribution in [3.63, 3.8) is 0 Å². The van der Waals surface area contributed by atoms with Crippen molar-refractivity contribution in [3.8, 4) is 0 Å². The summed E-state index contributed by atoms with van der Waals surface area (Å²) in [6.45, 7) is 2.73. The summed E-state index contributed by atoms with van der Waals surface area (Å²) in [7, 11) is 0. The monoisotopic (exact) mass is 267 g/mol. The van der Waals surface area contributed by atoms with Gasteiger partial charge >= 0.3 is 0 Å². The highest BCUT2D eigenvalue weighted by Crippen LogP contribution is 2.41. The number of benzene rings is 2. The van der Waals surface area contributed by atoms with Crippen molar-refractivity contribution < 1.29 is 4.84 Å². The summed E-state index contributed by atoms with van der Waals surface area (Å²) in [5, 5.41) is 0. The molecular formula is C18H21NO. The number of nitrogens with one attached hydrogen (secondary N) is 1. The fourth-order valence-corrected chi connectivity index (χ4v) is 2.43. The van der Waals surface area contributed by atoms with Crippen LogP contribution in [-0.2, 0) is 11.4 Å². The average molecular weight is 267 g/mol. The van der Waals surface area contributed by atoms with E-state index in [2.05, 4.69) is 48.8 Å². The highest BCUT2D eigenvalue weighted by molar-refractivity contribution is 5.25. The van der Waals surface area contributed by atoms with Crippen molar-refractivity contribution >= 4 is 0 Å². The maximum absolute atomic E-state index is 5.72. The zero-order chi connectivity index (χ0) is 13.8. The molecular weight excluding hydrogens is 246 g/mol. The molecule has 1 N–H and O–H groups in total. The van der Waals surface area contributed by atoms with Crippen LogP contribution in [0, 0.1) is 12.8 Å². The highest BCUT2D eigenvalue weighted by atomic mass is 16.6. The highest BCUT2D eigenvalue weighted by Gasteiger charge is 2.32. The Morgan fingerprint density at radius 2 is 1.75 bits per heavy atom. The van der Waals surface area contributed by atoms with E-state index in [9.17, 15) is 0 Å². The fourth-order valence-electron chi connectivity index (χ4n) is 2.43. The molecule has 1 atom stereocenters. The first kappa shape index (κ1) is 13.3. The Hall–Kier alpha value is -1.64. The SMILES string of the molecule is Cc1ccc(C(NOCc2ccccc2)C2CC2)cc1. The van der Waals surface area contributed by atoms with Gasteiger partial charge in [-0.3, -0.25) is 4.84 Å². The van der Waals surface area contributed by atoms with E-state index >= 15 is 0 Å². The van der Waals surface area contributed by atoms with E-state index in [-0.39, 0.29) is 0 Å². The van der Waals surface area contributed by atoms with E-state index < -0.39 is 0 Å². The Bertz CT molecular complexity index is 531. The Morgan fingerprint density at radius 3 is 2.40 bits per heavy atom. The summed E-state index contributed by atoms with van der Waals surface area (Å²) in [5.74, 6) is 0.716. The predicted molar refractivity (Wildman–Crippen MR) is 81.0 cm³/mol. The van der Waals surface area contributed by atoms with Crippen LogP contribution >= 0.6 is 0 Å². The van der Waals surface area contributed by atoms with Gasteiger partial charge in [-0.15, -0.1) is 0 Å². The summed E-state index contributed by atoms with van der Waals surface area (Å²) in [6.07, 6.45) is 2.58. The van der Waals surface area contributed by atoms with E-state index in [4.69, 9.17) is 4.84 Å². The van der Waals surface area contributed by atoms with Crippen LogP contribution in [0.1, 0.15) is 35.6 Å². The van der Waals surface area contributed by atoms with Crippen LogP contribution in [-0.4, -0.2) is 0 Å².